The molecule has 3 nitrogen and oxygen atoms in total. The summed E-state index contributed by atoms with van der Waals surface area (Å²) in [5.74, 6) is 0.612. The van der Waals surface area contributed by atoms with Crippen molar-refractivity contribution in [2.45, 2.75) is 6.92 Å². The molecule has 1 aromatic heterocycles. The van der Waals surface area contributed by atoms with Gasteiger partial charge in [0.2, 0.25) is 5.28 Å². The minimum atomic E-state index is 0.0969. The maximum Gasteiger partial charge on any atom is 0.224 e. The Bertz CT molecular complexity index is 628. The van der Waals surface area contributed by atoms with E-state index >= 15 is 0 Å². The molecule has 82 valence electrons. The van der Waals surface area contributed by atoms with Gasteiger partial charge in [-0.05, 0) is 35.9 Å². The minimum Gasteiger partial charge on any atom is -0.489 e. The van der Waals surface area contributed by atoms with Gasteiger partial charge < -0.3 is 4.74 Å². The van der Waals surface area contributed by atoms with Gasteiger partial charge in [0, 0.05) is 5.22 Å². The van der Waals surface area contributed by atoms with Crippen molar-refractivity contribution >= 4 is 35.0 Å². The molecule has 16 heavy (non-hydrogen) atoms. The highest BCUT2D eigenvalue weighted by molar-refractivity contribution is 6.31. The van der Waals surface area contributed by atoms with E-state index < -0.39 is 0 Å². The third-order valence-electron chi connectivity index (χ3n) is 2.17. The number of halogens is 2. The number of fused-ring (bicyclic) bond motifs is 1. The van der Waals surface area contributed by atoms with Gasteiger partial charge in [0.15, 0.2) is 5.76 Å². The molecule has 0 aliphatic heterocycles. The molecule has 0 atom stereocenters. The summed E-state index contributed by atoms with van der Waals surface area (Å²) in [4.78, 5) is 7.93. The fourth-order valence-corrected chi connectivity index (χ4v) is 1.81. The molecule has 5 heteroatoms. The highest BCUT2D eigenvalue weighted by atomic mass is 35.5. The van der Waals surface area contributed by atoms with E-state index in [2.05, 4.69) is 15.7 Å². The van der Waals surface area contributed by atoms with Crippen LogP contribution in [-0.2, 0) is 4.74 Å². The van der Waals surface area contributed by atoms with Crippen LogP contribution in [0.2, 0.25) is 10.4 Å². The maximum absolute atomic E-state index is 5.97. The van der Waals surface area contributed by atoms with E-state index in [-0.39, 0.29) is 5.28 Å². The molecule has 0 amide bonds. The van der Waals surface area contributed by atoms with Crippen molar-refractivity contribution < 1.29 is 4.74 Å². The van der Waals surface area contributed by atoms with Gasteiger partial charge in [-0.15, -0.1) is 0 Å². The number of hydrogen-bond acceptors (Lipinski definition) is 3. The molecular weight excluding hydrogens is 247 g/mol. The van der Waals surface area contributed by atoms with Crippen LogP contribution in [-0.4, -0.2) is 17.1 Å². The van der Waals surface area contributed by atoms with Gasteiger partial charge in [0.25, 0.3) is 0 Å². The summed E-state index contributed by atoms with van der Waals surface area (Å²) in [6.45, 7) is 1.91. The van der Waals surface area contributed by atoms with Crippen LogP contribution in [0.25, 0.3) is 11.8 Å². The van der Waals surface area contributed by atoms with E-state index in [1.165, 1.54) is 0 Å². The van der Waals surface area contributed by atoms with Crippen molar-refractivity contribution in [1.29, 1.82) is 0 Å². The van der Waals surface area contributed by atoms with E-state index in [1.807, 2.05) is 19.1 Å². The van der Waals surface area contributed by atoms with E-state index in [4.69, 9.17) is 27.9 Å². The molecule has 0 fully saturated rings. The molecule has 0 unspecified atom stereocenters. The molecule has 1 aliphatic carbocycles. The Labute approximate surface area is 102 Å². The standard InChI is InChI=1S/C11H8Cl2N2O/c1-6-3-4-7-8(5-9(6)16-2)14-11(13)15-10(7)12/h3-4H,1-2H3. The van der Waals surface area contributed by atoms with Gasteiger partial charge in [-0.2, -0.15) is 0 Å². The number of nitrogens with zero attached hydrogens (tertiary/aromatic N) is 2. The van der Waals surface area contributed by atoms with Crippen LogP contribution < -0.4 is 10.6 Å². The lowest BCUT2D eigenvalue weighted by Crippen LogP contribution is -2.29. The van der Waals surface area contributed by atoms with Crippen LogP contribution in [0.4, 0.5) is 0 Å². The summed E-state index contributed by atoms with van der Waals surface area (Å²) >= 11 is 11.7. The van der Waals surface area contributed by atoms with Crippen molar-refractivity contribution in [2.24, 2.45) is 0 Å². The van der Waals surface area contributed by atoms with E-state index in [1.54, 1.807) is 7.11 Å². The SMILES string of the molecule is COC1=C=c2nc(Cl)nc(Cl)c2=CC=C1C. The molecule has 1 aromatic rings. The predicted molar refractivity (Wildman–Crippen MR) is 63.5 cm³/mol. The molecule has 0 spiro atoms. The lowest BCUT2D eigenvalue weighted by atomic mass is 10.2. The topological polar surface area (TPSA) is 35.0 Å². The monoisotopic (exact) mass is 254 g/mol. The van der Waals surface area contributed by atoms with Crippen LogP contribution in [0.15, 0.2) is 17.4 Å². The Balaban J connectivity index is 2.96. The van der Waals surface area contributed by atoms with Crippen LogP contribution >= 0.6 is 23.2 Å². The second-order valence-corrected chi connectivity index (χ2v) is 3.92. The minimum absolute atomic E-state index is 0.0969. The predicted octanol–water partition coefficient (Wildman–Crippen LogP) is 1.43. The molecule has 0 radical (unpaired) electrons. The van der Waals surface area contributed by atoms with Gasteiger partial charge in [-0.25, -0.2) is 9.97 Å². The zero-order chi connectivity index (χ0) is 11.7. The Kier molecular flexibility index (Phi) is 3.01. The Morgan fingerprint density at radius 1 is 1.25 bits per heavy atom. The molecule has 2 rings (SSSR count). The number of aromatic nitrogens is 2. The van der Waals surface area contributed by atoms with Gasteiger partial charge in [0.1, 0.15) is 10.5 Å². The zero-order valence-electron chi connectivity index (χ0n) is 8.71. The average Bonchev–Trinajstić information content (AvgIpc) is 2.38. The second kappa shape index (κ2) is 4.30. The maximum atomic E-state index is 5.97. The first-order chi connectivity index (χ1) is 7.61. The summed E-state index contributed by atoms with van der Waals surface area (Å²) in [5.41, 5.74) is 3.95. The number of rotatable bonds is 1. The molecular formula is C11H8Cl2N2O. The molecule has 1 heterocycles. The lowest BCUT2D eigenvalue weighted by molar-refractivity contribution is 0.305. The lowest BCUT2D eigenvalue weighted by Gasteiger charge is -2.00. The summed E-state index contributed by atoms with van der Waals surface area (Å²) in [5, 5.41) is 1.64. The highest BCUT2D eigenvalue weighted by Gasteiger charge is 2.05. The number of hydrogen-bond donors (Lipinski definition) is 0. The summed E-state index contributed by atoms with van der Waals surface area (Å²) in [7, 11) is 1.58. The molecule has 0 aromatic carbocycles. The second-order valence-electron chi connectivity index (χ2n) is 3.22. The summed E-state index contributed by atoms with van der Waals surface area (Å²) < 4.78 is 5.19. The van der Waals surface area contributed by atoms with Gasteiger partial charge in [-0.1, -0.05) is 17.7 Å². The number of ether oxygens (including phenoxy) is 1. The van der Waals surface area contributed by atoms with Crippen molar-refractivity contribution in [1.82, 2.24) is 9.97 Å². The first kappa shape index (κ1) is 11.2. The molecule has 0 bridgehead atoms. The Hall–Kier alpha value is -1.28. The fourth-order valence-electron chi connectivity index (χ4n) is 1.36. The fraction of sp³-hybridized carbons (Fsp3) is 0.182. The van der Waals surface area contributed by atoms with Crippen LogP contribution in [0, 0.1) is 0 Å². The van der Waals surface area contributed by atoms with Crippen molar-refractivity contribution in [3.05, 3.63) is 38.4 Å². The molecule has 0 saturated heterocycles. The zero-order valence-corrected chi connectivity index (χ0v) is 10.2. The van der Waals surface area contributed by atoms with Crippen molar-refractivity contribution in [3.8, 4) is 0 Å². The first-order valence-electron chi connectivity index (χ1n) is 4.55. The quantitative estimate of drug-likeness (QED) is 0.562. The molecule has 0 N–H and O–H groups in total. The molecule has 0 saturated carbocycles. The highest BCUT2D eigenvalue weighted by Crippen LogP contribution is 2.09. The Morgan fingerprint density at radius 2 is 2.00 bits per heavy atom. The normalized spacial score (nSPS) is 13.8. The number of methoxy groups -OCH3 is 1. The van der Waals surface area contributed by atoms with E-state index in [0.717, 1.165) is 5.57 Å². The summed E-state index contributed by atoms with van der Waals surface area (Å²) in [6.07, 6.45) is 3.70. The third kappa shape index (κ3) is 1.98. The van der Waals surface area contributed by atoms with E-state index in [9.17, 15) is 0 Å². The van der Waals surface area contributed by atoms with Crippen molar-refractivity contribution in [3.63, 3.8) is 0 Å². The Morgan fingerprint density at radius 3 is 2.69 bits per heavy atom. The van der Waals surface area contributed by atoms with Gasteiger partial charge in [0.05, 0.1) is 7.11 Å². The van der Waals surface area contributed by atoms with Crippen molar-refractivity contribution in [2.75, 3.05) is 7.11 Å². The smallest absolute Gasteiger partial charge is 0.224 e. The van der Waals surface area contributed by atoms with Gasteiger partial charge >= 0.3 is 0 Å². The first-order valence-corrected chi connectivity index (χ1v) is 5.30. The van der Waals surface area contributed by atoms with Gasteiger partial charge in [-0.3, -0.25) is 0 Å². The van der Waals surface area contributed by atoms with E-state index in [0.29, 0.717) is 21.5 Å². The van der Waals surface area contributed by atoms with Crippen LogP contribution in [0.1, 0.15) is 6.92 Å². The average molecular weight is 255 g/mol. The summed E-state index contributed by atoms with van der Waals surface area (Å²) in [6, 6.07) is 0. The van der Waals surface area contributed by atoms with Crippen LogP contribution in [0.3, 0.4) is 0 Å². The third-order valence-corrected chi connectivity index (χ3v) is 2.62. The molecule has 1 aliphatic rings. The van der Waals surface area contributed by atoms with Crippen LogP contribution in [0.5, 0.6) is 0 Å². The number of allylic oxidation sites excluding steroid dienone is 2. The largest absolute Gasteiger partial charge is 0.489 e.